The maximum absolute atomic E-state index is 3.77. The molecule has 1 N–H and O–H groups in total. The molecule has 1 aliphatic heterocycles. The molecule has 1 atom stereocenters. The molecule has 1 unspecified atom stereocenters. The molecule has 2 fully saturated rings. The Bertz CT molecular complexity index is 488. The Morgan fingerprint density at radius 3 is 2.70 bits per heavy atom. The molecule has 1 aromatic carbocycles. The summed E-state index contributed by atoms with van der Waals surface area (Å²) in [6.07, 6.45) is 2.85. The number of nitrogens with zero attached hydrogens (tertiary/aromatic N) is 1. The highest BCUT2D eigenvalue weighted by Gasteiger charge is 2.40. The summed E-state index contributed by atoms with van der Waals surface area (Å²) < 4.78 is 0. The van der Waals surface area contributed by atoms with Crippen LogP contribution >= 0.6 is 0 Å². The van der Waals surface area contributed by atoms with E-state index in [2.05, 4.69) is 56.1 Å². The Balaban J connectivity index is 1.77. The number of hydrogen-bond acceptors (Lipinski definition) is 2. The Kier molecular flexibility index (Phi) is 3.64. The normalized spacial score (nSPS) is 26.7. The van der Waals surface area contributed by atoms with E-state index in [1.54, 1.807) is 0 Å². The van der Waals surface area contributed by atoms with Gasteiger partial charge in [-0.15, -0.1) is 0 Å². The maximum atomic E-state index is 3.77. The molecule has 2 heteroatoms. The molecule has 1 aliphatic carbocycles. The third-order valence-electron chi connectivity index (χ3n) is 5.13. The van der Waals surface area contributed by atoms with Gasteiger partial charge in [0.2, 0.25) is 0 Å². The highest BCUT2D eigenvalue weighted by Crippen LogP contribution is 2.36. The third-order valence-corrected chi connectivity index (χ3v) is 5.13. The van der Waals surface area contributed by atoms with Crippen molar-refractivity contribution in [3.05, 3.63) is 34.9 Å². The van der Waals surface area contributed by atoms with Crippen molar-refractivity contribution in [2.45, 2.75) is 58.7 Å². The number of piperazine rings is 1. The monoisotopic (exact) mass is 272 g/mol. The number of hydrogen-bond donors (Lipinski definition) is 1. The summed E-state index contributed by atoms with van der Waals surface area (Å²) in [5.74, 6) is 0.937. The standard InChI is InChI=1S/C18H28N2/c1-13-5-6-14(2)16(9-13)10-20-11-17(15-7-8-15)19-12-18(20,3)4/h5-6,9,15,17,19H,7-8,10-12H2,1-4H3. The van der Waals surface area contributed by atoms with Gasteiger partial charge in [-0.1, -0.05) is 23.8 Å². The van der Waals surface area contributed by atoms with Crippen LogP contribution in [0.5, 0.6) is 0 Å². The maximum Gasteiger partial charge on any atom is 0.0281 e. The molecule has 2 nitrogen and oxygen atoms in total. The van der Waals surface area contributed by atoms with Crippen LogP contribution in [0.3, 0.4) is 0 Å². The zero-order valence-corrected chi connectivity index (χ0v) is 13.4. The minimum absolute atomic E-state index is 0.252. The van der Waals surface area contributed by atoms with Gasteiger partial charge in [0.25, 0.3) is 0 Å². The van der Waals surface area contributed by atoms with Crippen LogP contribution in [0.2, 0.25) is 0 Å². The first-order valence-corrected chi connectivity index (χ1v) is 8.00. The number of nitrogens with one attached hydrogen (secondary N) is 1. The van der Waals surface area contributed by atoms with Crippen molar-refractivity contribution in [2.75, 3.05) is 13.1 Å². The van der Waals surface area contributed by atoms with Gasteiger partial charge in [-0.05, 0) is 57.6 Å². The van der Waals surface area contributed by atoms with Crippen LogP contribution in [0, 0.1) is 19.8 Å². The average Bonchev–Trinajstić information content (AvgIpc) is 3.20. The van der Waals surface area contributed by atoms with E-state index in [-0.39, 0.29) is 5.54 Å². The highest BCUT2D eigenvalue weighted by molar-refractivity contribution is 5.30. The van der Waals surface area contributed by atoms with Crippen LogP contribution in [0.25, 0.3) is 0 Å². The molecule has 1 saturated carbocycles. The van der Waals surface area contributed by atoms with Gasteiger partial charge in [0.15, 0.2) is 0 Å². The quantitative estimate of drug-likeness (QED) is 0.908. The summed E-state index contributed by atoms with van der Waals surface area (Å²) in [5.41, 5.74) is 4.54. The van der Waals surface area contributed by atoms with Crippen LogP contribution in [0.1, 0.15) is 43.4 Å². The molecule has 0 radical (unpaired) electrons. The first-order chi connectivity index (χ1) is 9.45. The van der Waals surface area contributed by atoms with E-state index >= 15 is 0 Å². The van der Waals surface area contributed by atoms with Gasteiger partial charge in [-0.2, -0.15) is 0 Å². The predicted octanol–water partition coefficient (Wildman–Crippen LogP) is 3.27. The molecule has 0 spiro atoms. The molecule has 1 heterocycles. The molecule has 1 aromatic rings. The van der Waals surface area contributed by atoms with E-state index < -0.39 is 0 Å². The van der Waals surface area contributed by atoms with E-state index in [1.807, 2.05) is 0 Å². The van der Waals surface area contributed by atoms with Crippen LogP contribution in [0.4, 0.5) is 0 Å². The molecule has 2 aliphatic rings. The molecule has 0 aromatic heterocycles. The van der Waals surface area contributed by atoms with Crippen molar-refractivity contribution in [2.24, 2.45) is 5.92 Å². The molecule has 3 rings (SSSR count). The number of rotatable bonds is 3. The fourth-order valence-corrected chi connectivity index (χ4v) is 3.31. The van der Waals surface area contributed by atoms with Crippen molar-refractivity contribution in [3.8, 4) is 0 Å². The van der Waals surface area contributed by atoms with Gasteiger partial charge in [0.1, 0.15) is 0 Å². The second kappa shape index (κ2) is 5.16. The van der Waals surface area contributed by atoms with E-state index in [0.717, 1.165) is 19.0 Å². The number of aryl methyl sites for hydroxylation is 2. The van der Waals surface area contributed by atoms with E-state index in [1.165, 1.54) is 36.1 Å². The molecule has 110 valence electrons. The molecule has 0 bridgehead atoms. The van der Waals surface area contributed by atoms with Crippen LogP contribution in [0.15, 0.2) is 18.2 Å². The third kappa shape index (κ3) is 2.91. The van der Waals surface area contributed by atoms with Gasteiger partial charge in [-0.25, -0.2) is 0 Å². The average molecular weight is 272 g/mol. The SMILES string of the molecule is Cc1ccc(C)c(CN2CC(C3CC3)NCC2(C)C)c1. The zero-order valence-electron chi connectivity index (χ0n) is 13.4. The van der Waals surface area contributed by atoms with E-state index in [9.17, 15) is 0 Å². The first-order valence-electron chi connectivity index (χ1n) is 8.00. The minimum Gasteiger partial charge on any atom is -0.311 e. The van der Waals surface area contributed by atoms with Crippen molar-refractivity contribution < 1.29 is 0 Å². The van der Waals surface area contributed by atoms with E-state index in [4.69, 9.17) is 0 Å². The second-order valence-corrected chi connectivity index (χ2v) is 7.45. The zero-order chi connectivity index (χ0) is 14.3. The van der Waals surface area contributed by atoms with Crippen molar-refractivity contribution >= 4 is 0 Å². The minimum atomic E-state index is 0.252. The summed E-state index contributed by atoms with van der Waals surface area (Å²) in [5, 5.41) is 3.77. The summed E-state index contributed by atoms with van der Waals surface area (Å²) in [6, 6.07) is 7.56. The summed E-state index contributed by atoms with van der Waals surface area (Å²) in [7, 11) is 0. The van der Waals surface area contributed by atoms with E-state index in [0.29, 0.717) is 6.04 Å². The highest BCUT2D eigenvalue weighted by atomic mass is 15.3. The van der Waals surface area contributed by atoms with Crippen LogP contribution < -0.4 is 5.32 Å². The topological polar surface area (TPSA) is 15.3 Å². The number of benzene rings is 1. The lowest BCUT2D eigenvalue weighted by Crippen LogP contribution is -2.62. The van der Waals surface area contributed by atoms with Gasteiger partial charge < -0.3 is 5.32 Å². The van der Waals surface area contributed by atoms with Gasteiger partial charge in [0.05, 0.1) is 0 Å². The van der Waals surface area contributed by atoms with Crippen molar-refractivity contribution in [1.29, 1.82) is 0 Å². The lowest BCUT2D eigenvalue weighted by Gasteiger charge is -2.46. The Morgan fingerprint density at radius 2 is 2.00 bits per heavy atom. The molecular formula is C18H28N2. The summed E-state index contributed by atoms with van der Waals surface area (Å²) in [4.78, 5) is 2.69. The molecule has 20 heavy (non-hydrogen) atoms. The molecular weight excluding hydrogens is 244 g/mol. The van der Waals surface area contributed by atoms with Crippen LogP contribution in [-0.4, -0.2) is 29.6 Å². The first kappa shape index (κ1) is 14.1. The lowest BCUT2D eigenvalue weighted by atomic mass is 9.94. The predicted molar refractivity (Wildman–Crippen MR) is 84.9 cm³/mol. The van der Waals surface area contributed by atoms with Gasteiger partial charge >= 0.3 is 0 Å². The largest absolute Gasteiger partial charge is 0.311 e. The molecule has 0 amide bonds. The van der Waals surface area contributed by atoms with Crippen molar-refractivity contribution in [1.82, 2.24) is 10.2 Å². The molecule has 1 saturated heterocycles. The fraction of sp³-hybridized carbons (Fsp3) is 0.667. The Labute approximate surface area is 123 Å². The smallest absolute Gasteiger partial charge is 0.0281 e. The van der Waals surface area contributed by atoms with Gasteiger partial charge in [-0.3, -0.25) is 4.90 Å². The summed E-state index contributed by atoms with van der Waals surface area (Å²) in [6.45, 7) is 12.6. The van der Waals surface area contributed by atoms with Crippen LogP contribution in [-0.2, 0) is 6.54 Å². The van der Waals surface area contributed by atoms with Crippen molar-refractivity contribution in [3.63, 3.8) is 0 Å². The fourth-order valence-electron chi connectivity index (χ4n) is 3.31. The Hall–Kier alpha value is -0.860. The van der Waals surface area contributed by atoms with Gasteiger partial charge in [0, 0.05) is 31.2 Å². The Morgan fingerprint density at radius 1 is 1.25 bits per heavy atom. The lowest BCUT2D eigenvalue weighted by molar-refractivity contribution is 0.0532. The second-order valence-electron chi connectivity index (χ2n) is 7.45. The summed E-state index contributed by atoms with van der Waals surface area (Å²) >= 11 is 0.